The summed E-state index contributed by atoms with van der Waals surface area (Å²) in [5, 5.41) is 10.0. The van der Waals surface area contributed by atoms with Crippen LogP contribution in [0.2, 0.25) is 0 Å². The van der Waals surface area contributed by atoms with Gasteiger partial charge in [-0.3, -0.25) is 0 Å². The molecule has 0 saturated heterocycles. The van der Waals surface area contributed by atoms with Crippen molar-refractivity contribution in [2.45, 2.75) is 50.8 Å². The van der Waals surface area contributed by atoms with Crippen molar-refractivity contribution in [3.63, 3.8) is 0 Å². The average molecular weight is 540 g/mol. The van der Waals surface area contributed by atoms with Crippen LogP contribution in [0, 0.1) is 5.92 Å². The molecule has 0 unspecified atom stereocenters. The van der Waals surface area contributed by atoms with E-state index in [2.05, 4.69) is 91.5 Å². The highest BCUT2D eigenvalue weighted by Crippen LogP contribution is 2.49. The van der Waals surface area contributed by atoms with Gasteiger partial charge in [0.15, 0.2) is 6.23 Å². The fraction of sp³-hybridized carbons (Fsp3) is 0.346. The third kappa shape index (κ3) is 3.50. The Kier molecular flexibility index (Phi) is 5.07. The first-order chi connectivity index (χ1) is 15.2. The zero-order valence-corrected chi connectivity index (χ0v) is 20.4. The summed E-state index contributed by atoms with van der Waals surface area (Å²) in [4.78, 5) is 0. The van der Waals surface area contributed by atoms with E-state index in [-0.39, 0.29) is 12.3 Å². The third-order valence-electron chi connectivity index (χ3n) is 6.97. The fourth-order valence-corrected chi connectivity index (χ4v) is 6.77. The van der Waals surface area contributed by atoms with E-state index in [0.29, 0.717) is 5.92 Å². The van der Waals surface area contributed by atoms with E-state index in [1.165, 1.54) is 54.0 Å². The van der Waals surface area contributed by atoms with E-state index >= 15 is 0 Å². The van der Waals surface area contributed by atoms with Crippen molar-refractivity contribution in [3.8, 4) is 5.75 Å². The summed E-state index contributed by atoms with van der Waals surface area (Å²) in [6, 6.07) is 19.7. The fourth-order valence-electron chi connectivity index (χ4n) is 5.42. The van der Waals surface area contributed by atoms with E-state index in [4.69, 9.17) is 9.84 Å². The molecule has 0 amide bonds. The van der Waals surface area contributed by atoms with Crippen LogP contribution >= 0.6 is 31.9 Å². The van der Waals surface area contributed by atoms with Crippen molar-refractivity contribution in [2.75, 3.05) is 0 Å². The molecule has 1 fully saturated rings. The molecule has 2 atom stereocenters. The van der Waals surface area contributed by atoms with Gasteiger partial charge in [0.05, 0.1) is 16.2 Å². The highest BCUT2D eigenvalue weighted by molar-refractivity contribution is 9.11. The molecule has 0 aromatic heterocycles. The number of fused-ring (bicyclic) bond motifs is 4. The molecule has 3 nitrogen and oxygen atoms in total. The minimum atomic E-state index is 0.00762. The zero-order valence-electron chi connectivity index (χ0n) is 17.2. The van der Waals surface area contributed by atoms with Gasteiger partial charge in [0.1, 0.15) is 5.75 Å². The SMILES string of the molecule is Brc1cc(Br)c2c(c1)[C@H]1CC(c3ccc4ccccc4c3)=NN1[C@H](C1CCCCC1)O2. The molecule has 0 bridgehead atoms. The first-order valence-electron chi connectivity index (χ1n) is 11.2. The quantitative estimate of drug-likeness (QED) is 0.331. The number of ether oxygens (including phenoxy) is 1. The van der Waals surface area contributed by atoms with Gasteiger partial charge in [-0.15, -0.1) is 0 Å². The van der Waals surface area contributed by atoms with Gasteiger partial charge in [0, 0.05) is 22.4 Å². The van der Waals surface area contributed by atoms with Crippen LogP contribution in [0.4, 0.5) is 0 Å². The van der Waals surface area contributed by atoms with E-state index in [0.717, 1.165) is 26.8 Å². The second kappa shape index (κ2) is 7.93. The molecule has 2 aliphatic heterocycles. The Morgan fingerprint density at radius 3 is 2.55 bits per heavy atom. The van der Waals surface area contributed by atoms with Gasteiger partial charge in [-0.2, -0.15) is 5.10 Å². The zero-order chi connectivity index (χ0) is 20.9. The molecule has 3 aromatic carbocycles. The highest BCUT2D eigenvalue weighted by Gasteiger charge is 2.44. The number of hydrogen-bond acceptors (Lipinski definition) is 3. The Bertz CT molecular complexity index is 1190. The normalized spacial score (nSPS) is 23.3. The predicted molar refractivity (Wildman–Crippen MR) is 133 cm³/mol. The number of benzene rings is 3. The Hall–Kier alpha value is -1.85. The summed E-state index contributed by atoms with van der Waals surface area (Å²) in [6.07, 6.45) is 7.27. The minimum absolute atomic E-state index is 0.00762. The first-order valence-corrected chi connectivity index (χ1v) is 12.8. The van der Waals surface area contributed by atoms with Crippen LogP contribution < -0.4 is 4.74 Å². The largest absolute Gasteiger partial charge is 0.467 e. The maximum atomic E-state index is 6.68. The van der Waals surface area contributed by atoms with E-state index in [1.54, 1.807) is 0 Å². The number of nitrogens with zero attached hydrogens (tertiary/aromatic N) is 2. The van der Waals surface area contributed by atoms with Gasteiger partial charge in [-0.25, -0.2) is 5.01 Å². The maximum absolute atomic E-state index is 6.68. The van der Waals surface area contributed by atoms with Gasteiger partial charge in [-0.1, -0.05) is 71.6 Å². The average Bonchev–Trinajstić information content (AvgIpc) is 3.25. The van der Waals surface area contributed by atoms with Gasteiger partial charge < -0.3 is 4.74 Å². The van der Waals surface area contributed by atoms with Crippen LogP contribution in [0.1, 0.15) is 55.7 Å². The van der Waals surface area contributed by atoms with Crippen molar-refractivity contribution in [1.29, 1.82) is 0 Å². The lowest BCUT2D eigenvalue weighted by Gasteiger charge is -2.43. The maximum Gasteiger partial charge on any atom is 0.190 e. The molecule has 1 saturated carbocycles. The summed E-state index contributed by atoms with van der Waals surface area (Å²) < 4.78 is 8.77. The van der Waals surface area contributed by atoms with Crippen molar-refractivity contribution in [3.05, 3.63) is 74.7 Å². The third-order valence-corrected chi connectivity index (χ3v) is 8.02. The number of halogens is 2. The molecule has 6 rings (SSSR count). The van der Waals surface area contributed by atoms with Crippen molar-refractivity contribution >= 4 is 48.3 Å². The smallest absolute Gasteiger partial charge is 0.190 e. The van der Waals surface area contributed by atoms with Gasteiger partial charge in [0.2, 0.25) is 0 Å². The van der Waals surface area contributed by atoms with Crippen LogP contribution in [0.5, 0.6) is 5.75 Å². The molecule has 3 aromatic rings. The van der Waals surface area contributed by atoms with Crippen molar-refractivity contribution < 1.29 is 4.74 Å². The van der Waals surface area contributed by atoms with Crippen molar-refractivity contribution in [1.82, 2.24) is 5.01 Å². The highest BCUT2D eigenvalue weighted by atomic mass is 79.9. The standard InChI is InChI=1S/C26H24Br2N2O/c27-20-13-21-24-15-23(19-11-10-16-6-4-5-9-18(16)12-19)29-30(24)26(17-7-2-1-3-8-17)31-25(21)22(28)14-20/h4-6,9-14,17,24,26H,1-3,7-8,15H2/t24-,26+/m1/s1. The molecule has 2 heterocycles. The molecule has 31 heavy (non-hydrogen) atoms. The monoisotopic (exact) mass is 538 g/mol. The molecular weight excluding hydrogens is 516 g/mol. The first kappa shape index (κ1) is 19.8. The second-order valence-corrected chi connectivity index (χ2v) is 10.7. The van der Waals surface area contributed by atoms with E-state index < -0.39 is 0 Å². The second-order valence-electron chi connectivity index (χ2n) is 8.92. The summed E-state index contributed by atoms with van der Waals surface area (Å²) >= 11 is 7.43. The van der Waals surface area contributed by atoms with Crippen LogP contribution in [0.25, 0.3) is 10.8 Å². The number of hydrazone groups is 1. The lowest BCUT2D eigenvalue weighted by Crippen LogP contribution is -2.46. The predicted octanol–water partition coefficient (Wildman–Crippen LogP) is 7.81. The molecule has 0 radical (unpaired) electrons. The Labute approximate surface area is 199 Å². The molecule has 0 N–H and O–H groups in total. The Balaban J connectivity index is 1.43. The Morgan fingerprint density at radius 1 is 0.903 bits per heavy atom. The molecule has 1 aliphatic carbocycles. The van der Waals surface area contributed by atoms with Gasteiger partial charge >= 0.3 is 0 Å². The van der Waals surface area contributed by atoms with Crippen LogP contribution in [0.3, 0.4) is 0 Å². The topological polar surface area (TPSA) is 24.8 Å². The number of rotatable bonds is 2. The molecular formula is C26H24Br2N2O. The molecule has 3 aliphatic rings. The Morgan fingerprint density at radius 2 is 1.71 bits per heavy atom. The van der Waals surface area contributed by atoms with Crippen molar-refractivity contribution in [2.24, 2.45) is 11.0 Å². The van der Waals surface area contributed by atoms with Gasteiger partial charge in [-0.05, 0) is 63.3 Å². The lowest BCUT2D eigenvalue weighted by molar-refractivity contribution is -0.0649. The molecule has 0 spiro atoms. The lowest BCUT2D eigenvalue weighted by atomic mass is 9.86. The summed E-state index contributed by atoms with van der Waals surface area (Å²) in [5.41, 5.74) is 3.59. The summed E-state index contributed by atoms with van der Waals surface area (Å²) in [6.45, 7) is 0. The van der Waals surface area contributed by atoms with E-state index in [9.17, 15) is 0 Å². The van der Waals surface area contributed by atoms with Crippen LogP contribution in [-0.2, 0) is 0 Å². The summed E-state index contributed by atoms with van der Waals surface area (Å²) in [7, 11) is 0. The van der Waals surface area contributed by atoms with Crippen LogP contribution in [0.15, 0.2) is 68.6 Å². The van der Waals surface area contributed by atoms with Crippen LogP contribution in [-0.4, -0.2) is 16.9 Å². The summed E-state index contributed by atoms with van der Waals surface area (Å²) in [5.74, 6) is 1.52. The van der Waals surface area contributed by atoms with Gasteiger partial charge in [0.25, 0.3) is 0 Å². The minimum Gasteiger partial charge on any atom is -0.467 e. The molecule has 158 valence electrons. The van der Waals surface area contributed by atoms with E-state index in [1.807, 2.05) is 0 Å². The molecule has 5 heteroatoms. The number of hydrogen-bond donors (Lipinski definition) is 0.